The van der Waals surface area contributed by atoms with Gasteiger partial charge in [-0.3, -0.25) is 4.90 Å². The molecule has 0 saturated heterocycles. The SMILES string of the molecule is CCCN(CCC)C1CC=CC2=C1CCc1c2ccc2cc(-c3cccc4ccccc34)ccc12.CN. The molecule has 6 rings (SSSR count). The van der Waals surface area contributed by atoms with E-state index in [9.17, 15) is 0 Å². The van der Waals surface area contributed by atoms with Gasteiger partial charge in [-0.1, -0.05) is 92.7 Å². The minimum absolute atomic E-state index is 0.576. The summed E-state index contributed by atoms with van der Waals surface area (Å²) in [4.78, 5) is 2.74. The first-order valence-electron chi connectivity index (χ1n) is 14.0. The van der Waals surface area contributed by atoms with Gasteiger partial charge in [0.05, 0.1) is 0 Å². The van der Waals surface area contributed by atoms with Crippen molar-refractivity contribution in [1.29, 1.82) is 0 Å². The molecule has 37 heavy (non-hydrogen) atoms. The number of hydrogen-bond acceptors (Lipinski definition) is 2. The van der Waals surface area contributed by atoms with E-state index < -0.39 is 0 Å². The molecule has 0 heterocycles. The van der Waals surface area contributed by atoms with E-state index in [-0.39, 0.29) is 0 Å². The standard InChI is InChI=1S/C34H35N.CH5N/c1-3-21-35(22-4-2)34-14-8-13-30-32-18-16-26-23-25(15-17-29(26)31(32)19-20-33(30)34)28-12-7-10-24-9-5-6-11-27(24)28;1-2/h5-13,15-18,23,34H,3-4,14,19-22H2,1-2H3;2H2,1H3. The number of nitrogens with two attached hydrogens (primary N) is 1. The molecule has 0 aliphatic heterocycles. The first-order valence-corrected chi connectivity index (χ1v) is 14.0. The topological polar surface area (TPSA) is 29.3 Å². The van der Waals surface area contributed by atoms with Crippen LogP contribution >= 0.6 is 0 Å². The van der Waals surface area contributed by atoms with Gasteiger partial charge < -0.3 is 5.73 Å². The summed E-state index contributed by atoms with van der Waals surface area (Å²) in [7, 11) is 1.50. The van der Waals surface area contributed by atoms with E-state index in [0.717, 1.165) is 12.8 Å². The zero-order valence-corrected chi connectivity index (χ0v) is 22.6. The molecular weight excluding hydrogens is 448 g/mol. The minimum atomic E-state index is 0.576. The van der Waals surface area contributed by atoms with Gasteiger partial charge in [-0.15, -0.1) is 0 Å². The van der Waals surface area contributed by atoms with Crippen LogP contribution < -0.4 is 5.73 Å². The predicted molar refractivity (Wildman–Crippen MR) is 162 cm³/mol. The van der Waals surface area contributed by atoms with E-state index in [1.807, 2.05) is 0 Å². The van der Waals surface area contributed by atoms with Crippen molar-refractivity contribution in [2.75, 3.05) is 20.1 Å². The monoisotopic (exact) mass is 488 g/mol. The van der Waals surface area contributed by atoms with Gasteiger partial charge in [0.15, 0.2) is 0 Å². The maximum atomic E-state index is 4.50. The van der Waals surface area contributed by atoms with Crippen LogP contribution in [0.5, 0.6) is 0 Å². The Morgan fingerprint density at radius 2 is 1.54 bits per heavy atom. The lowest BCUT2D eigenvalue weighted by Gasteiger charge is -2.38. The number of hydrogen-bond donors (Lipinski definition) is 1. The Kier molecular flexibility index (Phi) is 7.88. The average Bonchev–Trinajstić information content (AvgIpc) is 2.97. The second-order valence-electron chi connectivity index (χ2n) is 10.2. The fourth-order valence-electron chi connectivity index (χ4n) is 6.50. The Balaban J connectivity index is 0.00000137. The van der Waals surface area contributed by atoms with Gasteiger partial charge in [0.25, 0.3) is 0 Å². The van der Waals surface area contributed by atoms with Crippen LogP contribution in [0.15, 0.2) is 90.5 Å². The molecule has 0 fully saturated rings. The van der Waals surface area contributed by atoms with Crippen LogP contribution in [-0.4, -0.2) is 31.1 Å². The third kappa shape index (κ3) is 4.77. The van der Waals surface area contributed by atoms with Crippen molar-refractivity contribution in [2.24, 2.45) is 5.73 Å². The first kappa shape index (κ1) is 25.4. The zero-order chi connectivity index (χ0) is 25.8. The third-order valence-electron chi connectivity index (χ3n) is 8.02. The van der Waals surface area contributed by atoms with E-state index in [0.29, 0.717) is 6.04 Å². The Morgan fingerprint density at radius 3 is 2.35 bits per heavy atom. The van der Waals surface area contributed by atoms with E-state index in [2.05, 4.69) is 109 Å². The summed E-state index contributed by atoms with van der Waals surface area (Å²) in [5.74, 6) is 0. The van der Waals surface area contributed by atoms with Crippen LogP contribution in [0.4, 0.5) is 0 Å². The highest BCUT2D eigenvalue weighted by molar-refractivity contribution is 6.01. The lowest BCUT2D eigenvalue weighted by atomic mass is 9.77. The maximum Gasteiger partial charge on any atom is 0.0351 e. The smallest absolute Gasteiger partial charge is 0.0351 e. The van der Waals surface area contributed by atoms with Crippen LogP contribution in [0.3, 0.4) is 0 Å². The van der Waals surface area contributed by atoms with Crippen LogP contribution in [0.25, 0.3) is 38.2 Å². The molecule has 0 amide bonds. The highest BCUT2D eigenvalue weighted by Gasteiger charge is 2.29. The third-order valence-corrected chi connectivity index (χ3v) is 8.02. The van der Waals surface area contributed by atoms with E-state index in [1.165, 1.54) is 88.8 Å². The number of rotatable bonds is 6. The number of aryl methyl sites for hydroxylation is 1. The summed E-state index contributed by atoms with van der Waals surface area (Å²) in [6.45, 7) is 7.02. The van der Waals surface area contributed by atoms with E-state index >= 15 is 0 Å². The molecule has 1 atom stereocenters. The van der Waals surface area contributed by atoms with Gasteiger partial charge in [-0.2, -0.15) is 0 Å². The molecule has 4 aromatic rings. The summed E-state index contributed by atoms with van der Waals surface area (Å²) in [5.41, 5.74) is 13.3. The van der Waals surface area contributed by atoms with Crippen molar-refractivity contribution < 1.29 is 0 Å². The van der Waals surface area contributed by atoms with Crippen molar-refractivity contribution in [2.45, 2.75) is 52.0 Å². The Morgan fingerprint density at radius 1 is 0.757 bits per heavy atom. The second kappa shape index (κ2) is 11.5. The lowest BCUT2D eigenvalue weighted by molar-refractivity contribution is 0.218. The normalized spacial score (nSPS) is 16.5. The Labute approximate surface area is 222 Å². The molecule has 190 valence electrons. The van der Waals surface area contributed by atoms with E-state index in [1.54, 1.807) is 5.57 Å². The van der Waals surface area contributed by atoms with Gasteiger partial charge in [0.2, 0.25) is 0 Å². The molecule has 2 heteroatoms. The molecule has 4 aromatic carbocycles. The molecule has 2 N–H and O–H groups in total. The van der Waals surface area contributed by atoms with Gasteiger partial charge in [-0.25, -0.2) is 0 Å². The maximum absolute atomic E-state index is 4.50. The molecule has 0 radical (unpaired) electrons. The van der Waals surface area contributed by atoms with Crippen LogP contribution in [-0.2, 0) is 6.42 Å². The average molecular weight is 489 g/mol. The van der Waals surface area contributed by atoms with Gasteiger partial charge in [0.1, 0.15) is 0 Å². The van der Waals surface area contributed by atoms with Crippen molar-refractivity contribution in [3.05, 3.63) is 102 Å². The van der Waals surface area contributed by atoms with Crippen LogP contribution in [0, 0.1) is 0 Å². The van der Waals surface area contributed by atoms with Crippen molar-refractivity contribution >= 4 is 27.1 Å². The van der Waals surface area contributed by atoms with Crippen LogP contribution in [0.2, 0.25) is 0 Å². The lowest BCUT2D eigenvalue weighted by Crippen LogP contribution is -2.39. The molecule has 2 nitrogen and oxygen atoms in total. The highest BCUT2D eigenvalue weighted by atomic mass is 15.1. The number of benzene rings is 4. The summed E-state index contributed by atoms with van der Waals surface area (Å²) in [5, 5.41) is 5.40. The molecule has 2 aliphatic rings. The van der Waals surface area contributed by atoms with Crippen LogP contribution in [0.1, 0.15) is 50.7 Å². The largest absolute Gasteiger partial charge is 0.333 e. The molecule has 0 aromatic heterocycles. The predicted octanol–water partition coefficient (Wildman–Crippen LogP) is 8.39. The molecule has 1 unspecified atom stereocenters. The molecular formula is C35H40N2. The Hall–Kier alpha value is -3.20. The molecule has 0 bridgehead atoms. The molecule has 0 spiro atoms. The molecule has 0 saturated carbocycles. The van der Waals surface area contributed by atoms with Crippen molar-refractivity contribution in [1.82, 2.24) is 4.90 Å². The van der Waals surface area contributed by atoms with Gasteiger partial charge >= 0.3 is 0 Å². The quantitative estimate of drug-likeness (QED) is 0.295. The summed E-state index contributed by atoms with van der Waals surface area (Å²) >= 11 is 0. The minimum Gasteiger partial charge on any atom is -0.333 e. The summed E-state index contributed by atoms with van der Waals surface area (Å²) in [6.07, 6.45) is 10.8. The van der Waals surface area contributed by atoms with Gasteiger partial charge in [-0.05, 0) is 113 Å². The fourth-order valence-corrected chi connectivity index (χ4v) is 6.50. The fraction of sp³-hybridized carbons (Fsp3) is 0.314. The second-order valence-corrected chi connectivity index (χ2v) is 10.2. The number of nitrogens with zero attached hydrogens (tertiary/aromatic N) is 1. The molecule has 2 aliphatic carbocycles. The Bertz CT molecular complexity index is 1450. The van der Waals surface area contributed by atoms with Crippen molar-refractivity contribution in [3.8, 4) is 11.1 Å². The van der Waals surface area contributed by atoms with Gasteiger partial charge in [0, 0.05) is 6.04 Å². The summed E-state index contributed by atoms with van der Waals surface area (Å²) < 4.78 is 0. The number of fused-ring (bicyclic) bond motifs is 5. The van der Waals surface area contributed by atoms with E-state index in [4.69, 9.17) is 0 Å². The number of allylic oxidation sites excluding steroid dienone is 2. The zero-order valence-electron chi connectivity index (χ0n) is 22.6. The summed E-state index contributed by atoms with van der Waals surface area (Å²) in [6, 6.07) is 27.8. The first-order chi connectivity index (χ1) is 18.3. The highest BCUT2D eigenvalue weighted by Crippen LogP contribution is 2.42. The van der Waals surface area contributed by atoms with Crippen molar-refractivity contribution in [3.63, 3.8) is 0 Å².